The first kappa shape index (κ1) is 18.4. The van der Waals surface area contributed by atoms with Gasteiger partial charge >= 0.3 is 0 Å². The number of aromatic nitrogens is 4. The summed E-state index contributed by atoms with van der Waals surface area (Å²) in [7, 11) is 1.82. The van der Waals surface area contributed by atoms with E-state index >= 15 is 0 Å². The summed E-state index contributed by atoms with van der Waals surface area (Å²) in [5.41, 5.74) is 6.06. The topological polar surface area (TPSA) is 76.0 Å². The fourth-order valence-corrected chi connectivity index (χ4v) is 4.24. The molecular formula is C23H23N5O2. The monoisotopic (exact) mass is 401 g/mol. The van der Waals surface area contributed by atoms with Crippen LogP contribution in [0.15, 0.2) is 48.8 Å². The van der Waals surface area contributed by atoms with E-state index in [1.807, 2.05) is 61.3 Å². The van der Waals surface area contributed by atoms with Crippen LogP contribution in [0.4, 0.5) is 5.69 Å². The molecule has 1 N–H and O–H groups in total. The van der Waals surface area contributed by atoms with E-state index in [0.717, 1.165) is 45.7 Å². The molecule has 0 saturated carbocycles. The summed E-state index contributed by atoms with van der Waals surface area (Å²) in [4.78, 5) is 22.8. The molecule has 2 aromatic heterocycles. The van der Waals surface area contributed by atoms with Crippen LogP contribution < -0.4 is 9.64 Å². The van der Waals surface area contributed by atoms with Crippen molar-refractivity contribution in [3.63, 3.8) is 0 Å². The van der Waals surface area contributed by atoms with E-state index in [-0.39, 0.29) is 11.9 Å². The Labute approximate surface area is 174 Å². The molecule has 0 spiro atoms. The molecule has 1 aliphatic heterocycles. The third kappa shape index (κ3) is 2.77. The van der Waals surface area contributed by atoms with Crippen molar-refractivity contribution in [3.05, 3.63) is 71.3 Å². The van der Waals surface area contributed by atoms with Crippen molar-refractivity contribution in [2.75, 3.05) is 11.5 Å². The van der Waals surface area contributed by atoms with E-state index in [1.54, 1.807) is 11.0 Å². The maximum Gasteiger partial charge on any atom is 0.277 e. The smallest absolute Gasteiger partial charge is 0.277 e. The van der Waals surface area contributed by atoms with Gasteiger partial charge in [-0.1, -0.05) is 19.1 Å². The molecule has 7 nitrogen and oxygen atoms in total. The van der Waals surface area contributed by atoms with Gasteiger partial charge in [0, 0.05) is 18.3 Å². The summed E-state index contributed by atoms with van der Waals surface area (Å²) in [6.07, 6.45) is 2.62. The number of ether oxygens (including phenoxy) is 1. The van der Waals surface area contributed by atoms with Crippen LogP contribution in [0.1, 0.15) is 46.7 Å². The molecule has 3 heterocycles. The lowest BCUT2D eigenvalue weighted by Crippen LogP contribution is -2.30. The first-order valence-corrected chi connectivity index (χ1v) is 10.1. The number of carbonyl (C=O) groups excluding carboxylic acids is 1. The lowest BCUT2D eigenvalue weighted by Gasteiger charge is -2.26. The largest absolute Gasteiger partial charge is 0.494 e. The number of benzene rings is 2. The van der Waals surface area contributed by atoms with Gasteiger partial charge in [-0.25, -0.2) is 4.98 Å². The molecule has 1 atom stereocenters. The Kier molecular flexibility index (Phi) is 4.31. The Bertz CT molecular complexity index is 1240. The van der Waals surface area contributed by atoms with E-state index in [9.17, 15) is 4.79 Å². The van der Waals surface area contributed by atoms with Crippen molar-refractivity contribution in [2.24, 2.45) is 7.05 Å². The molecule has 152 valence electrons. The van der Waals surface area contributed by atoms with Crippen molar-refractivity contribution in [2.45, 2.75) is 26.3 Å². The highest BCUT2D eigenvalue weighted by molar-refractivity contribution is 6.11. The van der Waals surface area contributed by atoms with E-state index in [2.05, 4.69) is 22.0 Å². The maximum absolute atomic E-state index is 13.5. The molecule has 0 fully saturated rings. The molecule has 2 aromatic carbocycles. The Morgan fingerprint density at radius 2 is 1.97 bits per heavy atom. The highest BCUT2D eigenvalue weighted by Gasteiger charge is 2.43. The van der Waals surface area contributed by atoms with Crippen molar-refractivity contribution in [1.82, 2.24) is 19.7 Å². The molecule has 0 bridgehead atoms. The van der Waals surface area contributed by atoms with Gasteiger partial charge in [0.2, 0.25) is 0 Å². The number of hydrogen-bond donors (Lipinski definition) is 1. The van der Waals surface area contributed by atoms with Crippen LogP contribution in [0.2, 0.25) is 0 Å². The second kappa shape index (κ2) is 7.02. The standard InChI is InChI=1S/C23H23N5O2/c1-4-11-30-17-8-5-15(6-9-17)21-20-14(2)26-27(3)22(20)23(29)28(21)16-7-10-18-19(12-16)25-13-24-18/h5-10,12-13,21H,4,11H2,1-3H3,(H,24,25)/t21-/m0/s1. The van der Waals surface area contributed by atoms with E-state index in [1.165, 1.54) is 0 Å². The van der Waals surface area contributed by atoms with Crippen LogP contribution in [-0.2, 0) is 7.05 Å². The number of nitrogens with zero attached hydrogens (tertiary/aromatic N) is 4. The molecule has 0 aliphatic carbocycles. The Balaban J connectivity index is 1.63. The lowest BCUT2D eigenvalue weighted by molar-refractivity contribution is 0.0985. The fourth-order valence-electron chi connectivity index (χ4n) is 4.24. The minimum Gasteiger partial charge on any atom is -0.494 e. The molecule has 4 aromatic rings. The number of imidazole rings is 1. The number of rotatable bonds is 5. The molecular weight excluding hydrogens is 378 g/mol. The van der Waals surface area contributed by atoms with Gasteiger partial charge in [0.05, 0.1) is 35.7 Å². The van der Waals surface area contributed by atoms with Crippen LogP contribution in [0.3, 0.4) is 0 Å². The molecule has 5 rings (SSSR count). The van der Waals surface area contributed by atoms with Crippen LogP contribution in [0, 0.1) is 6.92 Å². The van der Waals surface area contributed by atoms with Crippen molar-refractivity contribution >= 4 is 22.6 Å². The van der Waals surface area contributed by atoms with Crippen LogP contribution in [0.25, 0.3) is 11.0 Å². The number of H-pyrrole nitrogens is 1. The molecule has 1 aliphatic rings. The second-order valence-corrected chi connectivity index (χ2v) is 7.57. The highest BCUT2D eigenvalue weighted by atomic mass is 16.5. The lowest BCUT2D eigenvalue weighted by atomic mass is 9.98. The number of fused-ring (bicyclic) bond motifs is 2. The number of carbonyl (C=O) groups is 1. The SMILES string of the molecule is CCCOc1ccc([C@H]2c3c(C)nn(C)c3C(=O)N2c2ccc3nc[nH]c3c2)cc1. The number of amides is 1. The second-order valence-electron chi connectivity index (χ2n) is 7.57. The maximum atomic E-state index is 13.5. The minimum absolute atomic E-state index is 0.0525. The number of hydrogen-bond acceptors (Lipinski definition) is 4. The van der Waals surface area contributed by atoms with E-state index in [0.29, 0.717) is 12.3 Å². The van der Waals surface area contributed by atoms with Crippen LogP contribution in [-0.4, -0.2) is 32.3 Å². The predicted molar refractivity (Wildman–Crippen MR) is 115 cm³/mol. The number of anilines is 1. The Hall–Kier alpha value is -3.61. The summed E-state index contributed by atoms with van der Waals surface area (Å²) < 4.78 is 7.42. The zero-order valence-corrected chi connectivity index (χ0v) is 17.2. The summed E-state index contributed by atoms with van der Waals surface area (Å²) in [6.45, 7) is 4.72. The number of aryl methyl sites for hydroxylation is 2. The van der Waals surface area contributed by atoms with Crippen molar-refractivity contribution < 1.29 is 9.53 Å². The van der Waals surface area contributed by atoms with Crippen LogP contribution in [0.5, 0.6) is 5.75 Å². The molecule has 0 unspecified atom stereocenters. The average molecular weight is 401 g/mol. The van der Waals surface area contributed by atoms with Gasteiger partial charge in [0.15, 0.2) is 0 Å². The molecule has 7 heteroatoms. The zero-order chi connectivity index (χ0) is 20.8. The molecule has 0 radical (unpaired) electrons. The normalized spacial score (nSPS) is 15.8. The van der Waals surface area contributed by atoms with E-state index in [4.69, 9.17) is 4.74 Å². The van der Waals surface area contributed by atoms with Crippen molar-refractivity contribution in [3.8, 4) is 5.75 Å². The third-order valence-electron chi connectivity index (χ3n) is 5.57. The van der Waals surface area contributed by atoms with Crippen molar-refractivity contribution in [1.29, 1.82) is 0 Å². The van der Waals surface area contributed by atoms with Crippen LogP contribution >= 0.6 is 0 Å². The van der Waals surface area contributed by atoms with Gasteiger partial charge in [-0.05, 0) is 49.2 Å². The van der Waals surface area contributed by atoms with Gasteiger partial charge in [0.1, 0.15) is 11.4 Å². The van der Waals surface area contributed by atoms with Gasteiger partial charge in [-0.2, -0.15) is 5.10 Å². The quantitative estimate of drug-likeness (QED) is 0.545. The molecule has 30 heavy (non-hydrogen) atoms. The fraction of sp³-hybridized carbons (Fsp3) is 0.261. The predicted octanol–water partition coefficient (Wildman–Crippen LogP) is 4.14. The summed E-state index contributed by atoms with van der Waals surface area (Å²) in [6, 6.07) is 13.6. The summed E-state index contributed by atoms with van der Waals surface area (Å²) >= 11 is 0. The number of nitrogens with one attached hydrogen (secondary N) is 1. The Morgan fingerprint density at radius 3 is 2.73 bits per heavy atom. The minimum atomic E-state index is -0.248. The average Bonchev–Trinajstić information content (AvgIpc) is 3.41. The van der Waals surface area contributed by atoms with Gasteiger partial charge in [0.25, 0.3) is 5.91 Å². The number of aromatic amines is 1. The zero-order valence-electron chi connectivity index (χ0n) is 17.2. The molecule has 1 amide bonds. The Morgan fingerprint density at radius 1 is 1.17 bits per heavy atom. The molecule has 0 saturated heterocycles. The van der Waals surface area contributed by atoms with Gasteiger partial charge in [-0.3, -0.25) is 14.4 Å². The van der Waals surface area contributed by atoms with Gasteiger partial charge < -0.3 is 9.72 Å². The van der Waals surface area contributed by atoms with Gasteiger partial charge in [-0.15, -0.1) is 0 Å². The third-order valence-corrected chi connectivity index (χ3v) is 5.57. The summed E-state index contributed by atoms with van der Waals surface area (Å²) in [5.74, 6) is 0.779. The first-order valence-electron chi connectivity index (χ1n) is 10.1. The summed E-state index contributed by atoms with van der Waals surface area (Å²) in [5, 5.41) is 4.52. The highest BCUT2D eigenvalue weighted by Crippen LogP contribution is 2.43. The van der Waals surface area contributed by atoms with E-state index < -0.39 is 0 Å². The first-order chi connectivity index (χ1) is 14.6.